The fraction of sp³-hybridized carbons (Fsp3) is 0.688. The molecule has 2 aliphatic rings. The van der Waals surface area contributed by atoms with Crippen LogP contribution in [0, 0.1) is 5.92 Å². The van der Waals surface area contributed by atoms with Crippen molar-refractivity contribution in [3.63, 3.8) is 0 Å². The van der Waals surface area contributed by atoms with E-state index in [1.54, 1.807) is 11.3 Å². The van der Waals surface area contributed by atoms with E-state index >= 15 is 0 Å². The monoisotopic (exact) mass is 307 g/mol. The molecule has 3 rings (SSSR count). The number of hydrogen-bond donors (Lipinski definition) is 1. The second-order valence-corrected chi connectivity index (χ2v) is 7.00. The van der Waals surface area contributed by atoms with Crippen LogP contribution in [-0.4, -0.2) is 47.9 Å². The van der Waals surface area contributed by atoms with Crippen molar-refractivity contribution in [2.24, 2.45) is 5.92 Å². The molecule has 1 aromatic rings. The predicted molar refractivity (Wildman–Crippen MR) is 86.2 cm³/mol. The minimum atomic E-state index is -0.0642. The minimum Gasteiger partial charge on any atom is -0.321 e. The normalized spacial score (nSPS) is 28.5. The number of rotatable bonds is 4. The van der Waals surface area contributed by atoms with Crippen LogP contribution in [0.25, 0.3) is 0 Å². The van der Waals surface area contributed by atoms with Crippen LogP contribution in [-0.2, 0) is 4.79 Å². The smallest absolute Gasteiger partial charge is 0.241 e. The van der Waals surface area contributed by atoms with Gasteiger partial charge in [-0.15, -0.1) is 0 Å². The van der Waals surface area contributed by atoms with E-state index in [-0.39, 0.29) is 18.1 Å². The lowest BCUT2D eigenvalue weighted by Gasteiger charge is -2.34. The quantitative estimate of drug-likeness (QED) is 0.927. The summed E-state index contributed by atoms with van der Waals surface area (Å²) < 4.78 is 0. The number of nitrogens with one attached hydrogen (secondary N) is 1. The van der Waals surface area contributed by atoms with Gasteiger partial charge in [-0.05, 0) is 67.7 Å². The van der Waals surface area contributed by atoms with Crippen molar-refractivity contribution in [3.8, 4) is 0 Å². The van der Waals surface area contributed by atoms with Gasteiger partial charge >= 0.3 is 0 Å². The van der Waals surface area contributed by atoms with Crippen LogP contribution in [0.4, 0.5) is 0 Å². The number of nitrogens with zero attached hydrogens (tertiary/aromatic N) is 2. The molecule has 0 aromatic carbocycles. The number of piperidine rings is 1. The Bertz CT molecular complexity index is 468. The molecule has 0 bridgehead atoms. The van der Waals surface area contributed by atoms with E-state index < -0.39 is 0 Å². The van der Waals surface area contributed by atoms with Gasteiger partial charge in [0.05, 0.1) is 6.04 Å². The maximum Gasteiger partial charge on any atom is 0.241 e. The lowest BCUT2D eigenvalue weighted by Crippen LogP contribution is -2.40. The molecule has 2 aliphatic heterocycles. The Labute approximate surface area is 131 Å². The van der Waals surface area contributed by atoms with Crippen LogP contribution in [0.2, 0.25) is 0 Å². The summed E-state index contributed by atoms with van der Waals surface area (Å²) in [5, 5.41) is 7.67. The molecule has 1 N–H and O–H groups in total. The summed E-state index contributed by atoms with van der Waals surface area (Å²) >= 11 is 1.70. The molecular formula is C16H25N3OS. The average molecular weight is 307 g/mol. The summed E-state index contributed by atoms with van der Waals surface area (Å²) in [7, 11) is 0. The largest absolute Gasteiger partial charge is 0.321 e. The molecule has 4 nitrogen and oxygen atoms in total. The molecule has 2 fully saturated rings. The molecule has 0 spiro atoms. The maximum absolute atomic E-state index is 12.5. The van der Waals surface area contributed by atoms with Crippen LogP contribution in [0.5, 0.6) is 0 Å². The number of amides is 1. The molecule has 0 aliphatic carbocycles. The van der Waals surface area contributed by atoms with E-state index in [0.29, 0.717) is 5.92 Å². The molecular weight excluding hydrogens is 282 g/mol. The van der Waals surface area contributed by atoms with Gasteiger partial charge in [-0.25, -0.2) is 0 Å². The number of hydrogen-bond acceptors (Lipinski definition) is 4. The molecule has 0 saturated carbocycles. The summed E-state index contributed by atoms with van der Waals surface area (Å²) in [4.78, 5) is 17.0. The van der Waals surface area contributed by atoms with Crippen molar-refractivity contribution in [2.75, 3.05) is 26.2 Å². The van der Waals surface area contributed by atoms with Gasteiger partial charge in [0.25, 0.3) is 0 Å². The molecule has 116 valence electrons. The summed E-state index contributed by atoms with van der Waals surface area (Å²) in [5.41, 5.74) is 1.23. The van der Waals surface area contributed by atoms with Crippen LogP contribution in [0.3, 0.4) is 0 Å². The van der Waals surface area contributed by atoms with Crippen LogP contribution >= 0.6 is 11.3 Å². The van der Waals surface area contributed by atoms with Crippen LogP contribution < -0.4 is 5.32 Å². The number of thiophene rings is 1. The summed E-state index contributed by atoms with van der Waals surface area (Å²) in [6.45, 7) is 8.59. The molecule has 2 saturated heterocycles. The first-order valence-electron chi connectivity index (χ1n) is 8.00. The fourth-order valence-corrected chi connectivity index (χ4v) is 4.12. The van der Waals surface area contributed by atoms with Gasteiger partial charge < -0.3 is 9.80 Å². The Morgan fingerprint density at radius 3 is 2.76 bits per heavy atom. The first-order chi connectivity index (χ1) is 10.2. The van der Waals surface area contributed by atoms with Gasteiger partial charge in [-0.3, -0.25) is 10.1 Å². The fourth-order valence-electron chi connectivity index (χ4n) is 3.44. The Hall–Kier alpha value is -0.910. The SMILES string of the molecule is CCN1CCC(CN2C(=O)C(C)NC2c2ccsc2)CC1. The lowest BCUT2D eigenvalue weighted by atomic mass is 9.96. The van der Waals surface area contributed by atoms with E-state index in [1.807, 2.05) is 6.92 Å². The van der Waals surface area contributed by atoms with Gasteiger partial charge in [-0.2, -0.15) is 11.3 Å². The van der Waals surface area contributed by atoms with Gasteiger partial charge in [0, 0.05) is 6.54 Å². The highest BCUT2D eigenvalue weighted by Gasteiger charge is 2.38. The molecule has 1 amide bonds. The highest BCUT2D eigenvalue weighted by atomic mass is 32.1. The number of carbonyl (C=O) groups excluding carboxylic acids is 1. The third-order valence-corrected chi connectivity index (χ3v) is 5.54. The Balaban J connectivity index is 1.66. The summed E-state index contributed by atoms with van der Waals surface area (Å²) in [6, 6.07) is 2.06. The summed E-state index contributed by atoms with van der Waals surface area (Å²) in [6.07, 6.45) is 2.49. The van der Waals surface area contributed by atoms with Crippen LogP contribution in [0.15, 0.2) is 16.8 Å². The number of likely N-dealkylation sites (tertiary alicyclic amines) is 1. The van der Waals surface area contributed by atoms with Crippen molar-refractivity contribution in [2.45, 2.75) is 38.9 Å². The maximum atomic E-state index is 12.5. The second-order valence-electron chi connectivity index (χ2n) is 6.22. The van der Waals surface area contributed by atoms with Crippen molar-refractivity contribution in [3.05, 3.63) is 22.4 Å². The van der Waals surface area contributed by atoms with Gasteiger partial charge in [0.1, 0.15) is 6.17 Å². The molecule has 21 heavy (non-hydrogen) atoms. The third-order valence-electron chi connectivity index (χ3n) is 4.84. The molecule has 2 unspecified atom stereocenters. The minimum absolute atomic E-state index is 0.0642. The molecule has 5 heteroatoms. The van der Waals surface area contributed by atoms with Crippen molar-refractivity contribution >= 4 is 17.2 Å². The molecule has 3 heterocycles. The van der Waals surface area contributed by atoms with Gasteiger partial charge in [-0.1, -0.05) is 6.92 Å². The zero-order chi connectivity index (χ0) is 14.8. The Morgan fingerprint density at radius 1 is 1.38 bits per heavy atom. The van der Waals surface area contributed by atoms with Crippen LogP contribution in [0.1, 0.15) is 38.4 Å². The predicted octanol–water partition coefficient (Wildman–Crippen LogP) is 2.30. The van der Waals surface area contributed by atoms with Crippen molar-refractivity contribution in [1.82, 2.24) is 15.1 Å². The summed E-state index contributed by atoms with van der Waals surface area (Å²) in [5.74, 6) is 0.897. The zero-order valence-electron chi connectivity index (χ0n) is 12.9. The zero-order valence-corrected chi connectivity index (χ0v) is 13.7. The highest BCUT2D eigenvalue weighted by Crippen LogP contribution is 2.29. The number of carbonyl (C=O) groups is 1. The highest BCUT2D eigenvalue weighted by molar-refractivity contribution is 7.07. The van der Waals surface area contributed by atoms with Crippen molar-refractivity contribution in [1.29, 1.82) is 0 Å². The van der Waals surface area contributed by atoms with E-state index in [1.165, 1.54) is 31.5 Å². The topological polar surface area (TPSA) is 35.6 Å². The van der Waals surface area contributed by atoms with E-state index in [2.05, 4.69) is 38.9 Å². The van der Waals surface area contributed by atoms with E-state index in [9.17, 15) is 4.79 Å². The first-order valence-corrected chi connectivity index (χ1v) is 8.94. The Kier molecular flexibility index (Phi) is 4.62. The molecule has 1 aromatic heterocycles. The van der Waals surface area contributed by atoms with Gasteiger partial charge in [0.2, 0.25) is 5.91 Å². The Morgan fingerprint density at radius 2 is 2.14 bits per heavy atom. The third kappa shape index (κ3) is 3.15. The first kappa shape index (κ1) is 15.0. The van der Waals surface area contributed by atoms with E-state index in [0.717, 1.165) is 13.1 Å². The van der Waals surface area contributed by atoms with E-state index in [4.69, 9.17) is 0 Å². The van der Waals surface area contributed by atoms with Crippen molar-refractivity contribution < 1.29 is 4.79 Å². The molecule has 2 atom stereocenters. The average Bonchev–Trinajstić information content (AvgIpc) is 3.12. The lowest BCUT2D eigenvalue weighted by molar-refractivity contribution is -0.130. The standard InChI is InChI=1S/C16H25N3OS/c1-3-18-7-4-13(5-8-18)10-19-15(14-6-9-21-11-14)17-12(2)16(19)20/h6,9,11-13,15,17H,3-5,7-8,10H2,1-2H3. The second kappa shape index (κ2) is 6.46. The molecule has 0 radical (unpaired) electrons. The van der Waals surface area contributed by atoms with Gasteiger partial charge in [0.15, 0.2) is 0 Å².